The predicted molar refractivity (Wildman–Crippen MR) is 174 cm³/mol. The molecule has 1 saturated heterocycles. The fourth-order valence-corrected chi connectivity index (χ4v) is 5.90. The second-order valence-corrected chi connectivity index (χ2v) is 12.6. The summed E-state index contributed by atoms with van der Waals surface area (Å²) in [5.41, 5.74) is -2.31. The van der Waals surface area contributed by atoms with Gasteiger partial charge in [0.25, 0.3) is 5.91 Å². The number of carbonyl (C=O) groups is 2. The first-order valence-electron chi connectivity index (χ1n) is 14.4. The van der Waals surface area contributed by atoms with Crippen LogP contribution < -0.4 is 9.47 Å². The molecular weight excluding hydrogens is 682 g/mol. The van der Waals surface area contributed by atoms with Gasteiger partial charge in [0.15, 0.2) is 0 Å². The Morgan fingerprint density at radius 3 is 2.25 bits per heavy atom. The van der Waals surface area contributed by atoms with Crippen molar-refractivity contribution < 1.29 is 50.5 Å². The molecule has 0 saturated carbocycles. The molecule has 0 radical (unpaired) electrons. The number of thiocarbonyl (C=S) groups is 1. The van der Waals surface area contributed by atoms with Gasteiger partial charge >= 0.3 is 18.3 Å². The van der Waals surface area contributed by atoms with Crippen LogP contribution in [0.4, 0.5) is 26.3 Å². The Morgan fingerprint density at radius 2 is 1.62 bits per heavy atom. The average molecular weight is 713 g/mol. The third kappa shape index (κ3) is 9.97. The highest BCUT2D eigenvalue weighted by molar-refractivity contribution is 8.26. The molecule has 0 spiro atoms. The Labute approximate surface area is 282 Å². The lowest BCUT2D eigenvalue weighted by Gasteiger charge is -2.17. The molecule has 1 aliphatic rings. The number of carbonyl (C=O) groups excluding carboxylic acids is 1. The van der Waals surface area contributed by atoms with Gasteiger partial charge in [-0.15, -0.1) is 0 Å². The number of ether oxygens (including phenoxy) is 2. The van der Waals surface area contributed by atoms with Gasteiger partial charge in [-0.3, -0.25) is 14.5 Å². The molecule has 15 heteroatoms. The van der Waals surface area contributed by atoms with Gasteiger partial charge in [0, 0.05) is 18.7 Å². The lowest BCUT2D eigenvalue weighted by molar-refractivity contribution is -0.143. The van der Waals surface area contributed by atoms with Gasteiger partial charge in [-0.1, -0.05) is 42.2 Å². The molecule has 0 atom stereocenters. The summed E-state index contributed by atoms with van der Waals surface area (Å²) in [6.07, 6.45) is -8.35. The number of carboxylic acid groups (broad SMARTS) is 1. The number of hydrogen-bond acceptors (Lipinski definition) is 7. The summed E-state index contributed by atoms with van der Waals surface area (Å²) in [7, 11) is 3.65. The molecule has 0 unspecified atom stereocenters. The van der Waals surface area contributed by atoms with E-state index in [4.69, 9.17) is 26.8 Å². The number of hydrogen-bond donors (Lipinski definition) is 1. The maximum absolute atomic E-state index is 13.6. The summed E-state index contributed by atoms with van der Waals surface area (Å²) in [5.74, 6) is -0.660. The minimum atomic E-state index is -5.02. The first-order valence-corrected chi connectivity index (χ1v) is 15.6. The summed E-state index contributed by atoms with van der Waals surface area (Å²) in [5, 5.41) is 8.99. The van der Waals surface area contributed by atoms with E-state index in [2.05, 4.69) is 0 Å². The predicted octanol–water partition coefficient (Wildman–Crippen LogP) is 7.63. The van der Waals surface area contributed by atoms with Crippen LogP contribution in [-0.2, 0) is 28.4 Å². The van der Waals surface area contributed by atoms with Crippen LogP contribution in [-0.4, -0.2) is 71.5 Å². The second-order valence-electron chi connectivity index (χ2n) is 11.0. The minimum Gasteiger partial charge on any atom is -0.494 e. The summed E-state index contributed by atoms with van der Waals surface area (Å²) in [6.45, 7) is 1.13. The number of likely N-dealkylation sites (N-methyl/N-ethyl adjacent to an activating group) is 1. The van der Waals surface area contributed by atoms with Crippen molar-refractivity contribution in [1.82, 2.24) is 9.80 Å². The molecule has 3 aromatic carbocycles. The van der Waals surface area contributed by atoms with Gasteiger partial charge < -0.3 is 19.5 Å². The third-order valence-electron chi connectivity index (χ3n) is 6.94. The largest absolute Gasteiger partial charge is 0.494 e. The number of alkyl halides is 6. The number of amides is 1. The molecule has 1 aliphatic heterocycles. The van der Waals surface area contributed by atoms with E-state index in [0.717, 1.165) is 11.8 Å². The summed E-state index contributed by atoms with van der Waals surface area (Å²) >= 11 is 6.42. The van der Waals surface area contributed by atoms with Gasteiger partial charge in [0.2, 0.25) is 0 Å². The van der Waals surface area contributed by atoms with E-state index in [1.54, 1.807) is 24.3 Å². The highest BCUT2D eigenvalue weighted by atomic mass is 32.2. The van der Waals surface area contributed by atoms with Crippen LogP contribution in [0.3, 0.4) is 0 Å². The van der Waals surface area contributed by atoms with Crippen LogP contribution in [0.1, 0.15) is 28.7 Å². The number of thioether (sulfide) groups is 1. The average Bonchev–Trinajstić information content (AvgIpc) is 3.25. The van der Waals surface area contributed by atoms with Crippen molar-refractivity contribution in [2.45, 2.75) is 25.2 Å². The Kier molecular flexibility index (Phi) is 11.8. The number of nitrogens with zero attached hydrogens (tertiary/aromatic N) is 2. The van der Waals surface area contributed by atoms with Gasteiger partial charge in [0.05, 0.1) is 29.1 Å². The van der Waals surface area contributed by atoms with E-state index in [1.807, 2.05) is 19.0 Å². The van der Waals surface area contributed by atoms with Crippen LogP contribution in [0.15, 0.2) is 65.6 Å². The molecule has 4 rings (SSSR count). The Bertz CT molecular complexity index is 1680. The van der Waals surface area contributed by atoms with Crippen molar-refractivity contribution in [2.24, 2.45) is 0 Å². The molecular formula is C33H30F6N2O5S2. The topological polar surface area (TPSA) is 79.3 Å². The maximum Gasteiger partial charge on any atom is 0.416 e. The lowest BCUT2D eigenvalue weighted by Crippen LogP contribution is -2.29. The van der Waals surface area contributed by atoms with Crippen molar-refractivity contribution in [2.75, 3.05) is 40.4 Å². The highest BCUT2D eigenvalue weighted by Gasteiger charge is 2.37. The van der Waals surface area contributed by atoms with E-state index in [0.29, 0.717) is 36.4 Å². The molecule has 1 amide bonds. The second kappa shape index (κ2) is 15.4. The number of rotatable bonds is 13. The molecule has 3 aromatic rings. The number of benzene rings is 3. The van der Waals surface area contributed by atoms with Crippen LogP contribution in [0, 0.1) is 0 Å². The summed E-state index contributed by atoms with van der Waals surface area (Å²) < 4.78 is 93.2. The van der Waals surface area contributed by atoms with E-state index in [-0.39, 0.29) is 63.9 Å². The standard InChI is InChI=1S/C33H30F6N2O5S2/c1-40(2)10-12-46-27-8-7-21(22-16-24(32(34,35)36)19-25(17-22)33(37,38)39)15-23(27)18-28-30(44)41(31(47)48-28)9-4-11-45-26-6-3-5-20(13-26)14-29(42)43/h3,5-8,13,15-19H,4,9-12,14H2,1-2H3,(H,42,43)/b28-18-. The Balaban J connectivity index is 1.57. The molecule has 1 fully saturated rings. The molecule has 7 nitrogen and oxygen atoms in total. The minimum absolute atomic E-state index is 0.0536. The fourth-order valence-electron chi connectivity index (χ4n) is 4.60. The molecule has 0 aliphatic carbocycles. The zero-order valence-electron chi connectivity index (χ0n) is 25.7. The quantitative estimate of drug-likeness (QED) is 0.0840. The SMILES string of the molecule is CN(C)CCOc1ccc(-c2cc(C(F)(F)F)cc(C(F)(F)F)c2)cc1/C=C1\SC(=S)N(CCCOc2cccc(CC(=O)O)c2)C1=O. The molecule has 48 heavy (non-hydrogen) atoms. The number of halogens is 6. The van der Waals surface area contributed by atoms with Crippen LogP contribution in [0.25, 0.3) is 17.2 Å². The highest BCUT2D eigenvalue weighted by Crippen LogP contribution is 2.40. The van der Waals surface area contributed by atoms with E-state index in [1.165, 1.54) is 29.2 Å². The zero-order valence-corrected chi connectivity index (χ0v) is 27.3. The fraction of sp³-hybridized carbons (Fsp3) is 0.303. The third-order valence-corrected chi connectivity index (χ3v) is 8.31. The van der Waals surface area contributed by atoms with E-state index in [9.17, 15) is 35.9 Å². The van der Waals surface area contributed by atoms with Crippen molar-refractivity contribution >= 4 is 46.3 Å². The van der Waals surface area contributed by atoms with Crippen LogP contribution >= 0.6 is 24.0 Å². The normalized spacial score (nSPS) is 14.7. The van der Waals surface area contributed by atoms with Gasteiger partial charge in [-0.25, -0.2) is 0 Å². The number of aliphatic carboxylic acids is 1. The summed E-state index contributed by atoms with van der Waals surface area (Å²) in [4.78, 5) is 27.8. The first-order chi connectivity index (χ1) is 22.5. The maximum atomic E-state index is 13.6. The van der Waals surface area contributed by atoms with E-state index >= 15 is 0 Å². The monoisotopic (exact) mass is 712 g/mol. The van der Waals surface area contributed by atoms with Gasteiger partial charge in [-0.05, 0) is 85.7 Å². The lowest BCUT2D eigenvalue weighted by atomic mass is 9.97. The van der Waals surface area contributed by atoms with Crippen LogP contribution in [0.5, 0.6) is 11.5 Å². The molecule has 256 valence electrons. The van der Waals surface area contributed by atoms with Crippen molar-refractivity contribution in [1.29, 1.82) is 0 Å². The Hall–Kier alpha value is -4.08. The van der Waals surface area contributed by atoms with E-state index < -0.39 is 35.4 Å². The molecule has 1 heterocycles. The van der Waals surface area contributed by atoms with Crippen molar-refractivity contribution in [3.63, 3.8) is 0 Å². The zero-order chi connectivity index (χ0) is 35.2. The molecule has 0 aromatic heterocycles. The van der Waals surface area contributed by atoms with Crippen LogP contribution in [0.2, 0.25) is 0 Å². The first kappa shape index (κ1) is 36.8. The summed E-state index contributed by atoms with van der Waals surface area (Å²) in [6, 6.07) is 12.2. The smallest absolute Gasteiger partial charge is 0.416 e. The van der Waals surface area contributed by atoms with Crippen molar-refractivity contribution in [3.8, 4) is 22.6 Å². The van der Waals surface area contributed by atoms with Gasteiger partial charge in [-0.2, -0.15) is 26.3 Å². The van der Waals surface area contributed by atoms with Gasteiger partial charge in [0.1, 0.15) is 22.4 Å². The Morgan fingerprint density at radius 1 is 0.938 bits per heavy atom. The van der Waals surface area contributed by atoms with Crippen molar-refractivity contribution in [3.05, 3.63) is 87.8 Å². The molecule has 0 bridgehead atoms. The number of carboxylic acids is 1. The molecule has 1 N–H and O–H groups in total.